The average Bonchev–Trinajstić information content (AvgIpc) is 3.29. The van der Waals surface area contributed by atoms with Gasteiger partial charge >= 0.3 is 0 Å². The van der Waals surface area contributed by atoms with Crippen molar-refractivity contribution < 1.29 is 4.79 Å². The summed E-state index contributed by atoms with van der Waals surface area (Å²) in [4.78, 5) is 23.2. The molecule has 33 heavy (non-hydrogen) atoms. The van der Waals surface area contributed by atoms with E-state index in [2.05, 4.69) is 55.3 Å². The Kier molecular flexibility index (Phi) is 7.30. The number of anilines is 1. The first-order valence-electron chi connectivity index (χ1n) is 11.4. The number of nitrogens with one attached hydrogen (secondary N) is 1. The molecule has 0 radical (unpaired) electrons. The van der Waals surface area contributed by atoms with Gasteiger partial charge in [-0.25, -0.2) is 9.97 Å². The minimum atomic E-state index is -0.0385. The van der Waals surface area contributed by atoms with Crippen LogP contribution in [-0.2, 0) is 11.2 Å². The largest absolute Gasteiger partial charge is 0.311 e. The van der Waals surface area contributed by atoms with Crippen molar-refractivity contribution in [3.63, 3.8) is 0 Å². The number of hydrogen-bond donors (Lipinski definition) is 1. The first-order valence-corrected chi connectivity index (χ1v) is 12.2. The first kappa shape index (κ1) is 22.9. The number of carbonyl (C=O) groups is 1. The summed E-state index contributed by atoms with van der Waals surface area (Å²) >= 11 is 1.73. The van der Waals surface area contributed by atoms with Crippen molar-refractivity contribution in [2.24, 2.45) is 0 Å². The van der Waals surface area contributed by atoms with Crippen LogP contribution in [-0.4, -0.2) is 15.9 Å². The van der Waals surface area contributed by atoms with Gasteiger partial charge in [0.1, 0.15) is 10.8 Å². The van der Waals surface area contributed by atoms with E-state index in [4.69, 9.17) is 4.98 Å². The summed E-state index contributed by atoms with van der Waals surface area (Å²) in [5.41, 5.74) is 5.55. The van der Waals surface area contributed by atoms with E-state index in [1.807, 2.05) is 42.5 Å². The van der Waals surface area contributed by atoms with Crippen LogP contribution in [0, 0.1) is 6.92 Å². The molecule has 2 aromatic carbocycles. The van der Waals surface area contributed by atoms with Crippen LogP contribution >= 0.6 is 11.3 Å². The summed E-state index contributed by atoms with van der Waals surface area (Å²) in [5, 5.41) is 3.89. The van der Waals surface area contributed by atoms with Crippen molar-refractivity contribution >= 4 is 23.1 Å². The van der Waals surface area contributed by atoms with E-state index in [0.29, 0.717) is 24.6 Å². The van der Waals surface area contributed by atoms with E-state index in [-0.39, 0.29) is 5.91 Å². The lowest BCUT2D eigenvalue weighted by Crippen LogP contribution is -2.13. The van der Waals surface area contributed by atoms with Crippen molar-refractivity contribution in [2.75, 3.05) is 5.32 Å². The molecule has 4 aromatic rings. The van der Waals surface area contributed by atoms with E-state index < -0.39 is 0 Å². The number of amides is 1. The number of rotatable bonds is 8. The van der Waals surface area contributed by atoms with Crippen molar-refractivity contribution in [3.8, 4) is 21.8 Å². The predicted molar refractivity (Wildman–Crippen MR) is 138 cm³/mol. The zero-order valence-corrected chi connectivity index (χ0v) is 20.2. The Morgan fingerprint density at radius 3 is 2.61 bits per heavy atom. The number of aryl methyl sites for hydroxylation is 2. The third kappa shape index (κ3) is 5.74. The zero-order valence-electron chi connectivity index (χ0n) is 19.3. The molecular formula is C28H29N3OS. The molecule has 1 N–H and O–H groups in total. The van der Waals surface area contributed by atoms with E-state index in [1.165, 1.54) is 10.4 Å². The topological polar surface area (TPSA) is 54.9 Å². The molecule has 168 valence electrons. The van der Waals surface area contributed by atoms with Crippen LogP contribution in [0.5, 0.6) is 0 Å². The average molecular weight is 456 g/mol. The SMILES string of the molecule is CCC(C)c1sc(-c2ccnc(NC(=O)CCc3ccccc3)c2)nc1-c1cccc(C)c1. The molecule has 2 heterocycles. The Hall–Kier alpha value is -3.31. The summed E-state index contributed by atoms with van der Waals surface area (Å²) in [6.07, 6.45) is 3.91. The van der Waals surface area contributed by atoms with Crippen LogP contribution in [0.25, 0.3) is 21.8 Å². The lowest BCUT2D eigenvalue weighted by molar-refractivity contribution is -0.116. The van der Waals surface area contributed by atoms with Crippen molar-refractivity contribution in [1.82, 2.24) is 9.97 Å². The van der Waals surface area contributed by atoms with Gasteiger partial charge in [0, 0.05) is 28.6 Å². The third-order valence-electron chi connectivity index (χ3n) is 5.76. The van der Waals surface area contributed by atoms with Gasteiger partial charge in [-0.3, -0.25) is 4.79 Å². The van der Waals surface area contributed by atoms with Gasteiger partial charge in [-0.05, 0) is 49.4 Å². The quantitative estimate of drug-likeness (QED) is 0.304. The van der Waals surface area contributed by atoms with E-state index in [1.54, 1.807) is 17.5 Å². The highest BCUT2D eigenvalue weighted by Gasteiger charge is 2.19. The Balaban J connectivity index is 1.55. The predicted octanol–water partition coefficient (Wildman–Crippen LogP) is 7.27. The fourth-order valence-electron chi connectivity index (χ4n) is 3.71. The van der Waals surface area contributed by atoms with Gasteiger partial charge in [0.05, 0.1) is 5.69 Å². The highest BCUT2D eigenvalue weighted by atomic mass is 32.1. The molecule has 0 fully saturated rings. The number of pyridine rings is 1. The third-order valence-corrected chi connectivity index (χ3v) is 7.10. The van der Waals surface area contributed by atoms with Crippen LogP contribution in [0.4, 0.5) is 5.82 Å². The summed E-state index contributed by atoms with van der Waals surface area (Å²) < 4.78 is 0. The molecule has 0 aliphatic rings. The molecule has 0 bridgehead atoms. The second kappa shape index (κ2) is 10.5. The maximum Gasteiger partial charge on any atom is 0.225 e. The van der Waals surface area contributed by atoms with Gasteiger partial charge in [-0.1, -0.05) is 67.9 Å². The molecule has 1 amide bonds. The normalized spacial score (nSPS) is 11.8. The lowest BCUT2D eigenvalue weighted by atomic mass is 10.0. The first-order chi connectivity index (χ1) is 16.0. The molecule has 0 aliphatic heterocycles. The molecule has 0 aliphatic carbocycles. The molecular weight excluding hydrogens is 426 g/mol. The summed E-state index contributed by atoms with van der Waals surface area (Å²) in [5.74, 6) is 0.942. The minimum Gasteiger partial charge on any atom is -0.311 e. The second-order valence-electron chi connectivity index (χ2n) is 8.37. The van der Waals surface area contributed by atoms with Crippen LogP contribution < -0.4 is 5.32 Å². The van der Waals surface area contributed by atoms with Crippen LogP contribution in [0.2, 0.25) is 0 Å². The van der Waals surface area contributed by atoms with Gasteiger partial charge < -0.3 is 5.32 Å². The molecule has 1 unspecified atom stereocenters. The highest BCUT2D eigenvalue weighted by Crippen LogP contribution is 2.39. The maximum atomic E-state index is 12.5. The number of thiazole rings is 1. The molecule has 2 aromatic heterocycles. The molecule has 4 rings (SSSR count). The lowest BCUT2D eigenvalue weighted by Gasteiger charge is -2.08. The number of benzene rings is 2. The Morgan fingerprint density at radius 1 is 1.03 bits per heavy atom. The molecule has 0 spiro atoms. The number of aromatic nitrogens is 2. The Bertz CT molecular complexity index is 1230. The summed E-state index contributed by atoms with van der Waals surface area (Å²) in [7, 11) is 0. The number of carbonyl (C=O) groups excluding carboxylic acids is 1. The monoisotopic (exact) mass is 455 g/mol. The number of nitrogens with zero attached hydrogens (tertiary/aromatic N) is 2. The summed E-state index contributed by atoms with van der Waals surface area (Å²) in [6.45, 7) is 6.57. The van der Waals surface area contributed by atoms with E-state index in [9.17, 15) is 4.79 Å². The smallest absolute Gasteiger partial charge is 0.225 e. The fourth-order valence-corrected chi connectivity index (χ4v) is 4.93. The van der Waals surface area contributed by atoms with Gasteiger partial charge in [0.25, 0.3) is 0 Å². The Labute approximate surface area is 199 Å². The van der Waals surface area contributed by atoms with Gasteiger partial charge in [0.15, 0.2) is 0 Å². The van der Waals surface area contributed by atoms with Gasteiger partial charge in [-0.2, -0.15) is 0 Å². The van der Waals surface area contributed by atoms with Gasteiger partial charge in [-0.15, -0.1) is 11.3 Å². The van der Waals surface area contributed by atoms with Crippen LogP contribution in [0.15, 0.2) is 72.9 Å². The molecule has 4 nitrogen and oxygen atoms in total. The second-order valence-corrected chi connectivity index (χ2v) is 9.40. The molecule has 0 saturated heterocycles. The maximum absolute atomic E-state index is 12.5. The fraction of sp³-hybridized carbons (Fsp3) is 0.250. The Morgan fingerprint density at radius 2 is 1.85 bits per heavy atom. The number of hydrogen-bond acceptors (Lipinski definition) is 4. The van der Waals surface area contributed by atoms with E-state index >= 15 is 0 Å². The van der Waals surface area contributed by atoms with Crippen molar-refractivity contribution in [1.29, 1.82) is 0 Å². The summed E-state index contributed by atoms with van der Waals surface area (Å²) in [6, 6.07) is 22.4. The molecule has 5 heteroatoms. The zero-order chi connectivity index (χ0) is 23.2. The van der Waals surface area contributed by atoms with E-state index in [0.717, 1.165) is 33.8 Å². The van der Waals surface area contributed by atoms with Crippen LogP contribution in [0.3, 0.4) is 0 Å². The molecule has 0 saturated carbocycles. The van der Waals surface area contributed by atoms with Crippen molar-refractivity contribution in [2.45, 2.75) is 46.0 Å². The van der Waals surface area contributed by atoms with Crippen LogP contribution in [0.1, 0.15) is 48.6 Å². The standard InChI is InChI=1S/C28H29N3OS/c1-4-20(3)27-26(22-12-8-9-19(2)17-22)31-28(33-27)23-15-16-29-24(18-23)30-25(32)14-13-21-10-6-5-7-11-21/h5-12,15-18,20H,4,13-14H2,1-3H3,(H,29,30,32). The minimum absolute atomic E-state index is 0.0385. The highest BCUT2D eigenvalue weighted by molar-refractivity contribution is 7.15. The van der Waals surface area contributed by atoms with Gasteiger partial charge in [0.2, 0.25) is 5.91 Å². The van der Waals surface area contributed by atoms with Crippen molar-refractivity contribution in [3.05, 3.63) is 88.9 Å². The molecule has 1 atom stereocenters.